The third-order valence-corrected chi connectivity index (χ3v) is 5.32. The van der Waals surface area contributed by atoms with Gasteiger partial charge in [0.25, 0.3) is 0 Å². The number of nitrogens with one attached hydrogen (secondary N) is 1. The monoisotopic (exact) mass is 271 g/mol. The smallest absolute Gasteiger partial charge is 0.0934 e. The van der Waals surface area contributed by atoms with Crippen molar-refractivity contribution in [2.75, 3.05) is 13.2 Å². The van der Waals surface area contributed by atoms with E-state index >= 15 is 0 Å². The van der Waals surface area contributed by atoms with E-state index in [4.69, 9.17) is 16.3 Å². The SMILES string of the molecule is CC(NC1CCc2sc(Cl)cc21)C1CCOC1. The van der Waals surface area contributed by atoms with Crippen molar-refractivity contribution in [1.29, 1.82) is 0 Å². The van der Waals surface area contributed by atoms with Crippen LogP contribution in [0.2, 0.25) is 4.34 Å². The van der Waals surface area contributed by atoms with Gasteiger partial charge in [-0.3, -0.25) is 0 Å². The second-order valence-electron chi connectivity index (χ2n) is 5.10. The standard InChI is InChI=1S/C13H18ClNOS/c1-8(9-4-5-16-7-9)15-11-2-3-12-10(11)6-13(14)17-12/h6,8-9,11,15H,2-5,7H2,1H3. The van der Waals surface area contributed by atoms with Gasteiger partial charge in [0.05, 0.1) is 10.9 Å². The van der Waals surface area contributed by atoms with Gasteiger partial charge in [0.2, 0.25) is 0 Å². The van der Waals surface area contributed by atoms with Gasteiger partial charge in [-0.25, -0.2) is 0 Å². The number of hydrogen-bond acceptors (Lipinski definition) is 3. The van der Waals surface area contributed by atoms with Gasteiger partial charge in [-0.15, -0.1) is 11.3 Å². The average molecular weight is 272 g/mol. The van der Waals surface area contributed by atoms with E-state index in [-0.39, 0.29) is 0 Å². The molecule has 0 saturated carbocycles. The van der Waals surface area contributed by atoms with Crippen molar-refractivity contribution in [1.82, 2.24) is 5.32 Å². The lowest BCUT2D eigenvalue weighted by atomic mass is 9.99. The molecule has 0 amide bonds. The first-order valence-electron chi connectivity index (χ1n) is 6.36. The van der Waals surface area contributed by atoms with Crippen molar-refractivity contribution in [3.8, 4) is 0 Å². The van der Waals surface area contributed by atoms with E-state index in [0.29, 0.717) is 18.0 Å². The molecule has 3 atom stereocenters. The van der Waals surface area contributed by atoms with Gasteiger partial charge >= 0.3 is 0 Å². The quantitative estimate of drug-likeness (QED) is 0.910. The Bertz CT molecular complexity index is 400. The topological polar surface area (TPSA) is 21.3 Å². The van der Waals surface area contributed by atoms with Gasteiger partial charge in [0.1, 0.15) is 0 Å². The lowest BCUT2D eigenvalue weighted by Gasteiger charge is -2.24. The molecule has 94 valence electrons. The van der Waals surface area contributed by atoms with Crippen LogP contribution in [0.25, 0.3) is 0 Å². The van der Waals surface area contributed by atoms with Gasteiger partial charge in [0, 0.05) is 23.6 Å². The Balaban J connectivity index is 1.66. The van der Waals surface area contributed by atoms with Crippen molar-refractivity contribution < 1.29 is 4.74 Å². The molecule has 3 rings (SSSR count). The van der Waals surface area contributed by atoms with Gasteiger partial charge < -0.3 is 10.1 Å². The molecule has 2 nitrogen and oxygen atoms in total. The molecule has 0 aromatic carbocycles. The van der Waals surface area contributed by atoms with E-state index in [1.165, 1.54) is 29.7 Å². The zero-order valence-electron chi connectivity index (χ0n) is 10.0. The van der Waals surface area contributed by atoms with Crippen LogP contribution in [0, 0.1) is 5.92 Å². The van der Waals surface area contributed by atoms with E-state index in [0.717, 1.165) is 17.6 Å². The Morgan fingerprint density at radius 3 is 3.18 bits per heavy atom. The molecule has 0 bridgehead atoms. The molecule has 1 saturated heterocycles. The van der Waals surface area contributed by atoms with Crippen molar-refractivity contribution >= 4 is 22.9 Å². The van der Waals surface area contributed by atoms with Gasteiger partial charge in [0.15, 0.2) is 0 Å². The number of hydrogen-bond donors (Lipinski definition) is 1. The highest BCUT2D eigenvalue weighted by molar-refractivity contribution is 7.16. The third-order valence-electron chi connectivity index (χ3n) is 3.98. The van der Waals surface area contributed by atoms with Crippen molar-refractivity contribution in [3.05, 3.63) is 20.8 Å². The number of aryl methyl sites for hydroxylation is 1. The molecule has 1 aromatic heterocycles. The first-order chi connectivity index (χ1) is 8.24. The molecule has 1 aromatic rings. The van der Waals surface area contributed by atoms with Crippen LogP contribution in [0.5, 0.6) is 0 Å². The van der Waals surface area contributed by atoms with Crippen LogP contribution in [0.3, 0.4) is 0 Å². The van der Waals surface area contributed by atoms with Gasteiger partial charge in [-0.05, 0) is 43.7 Å². The summed E-state index contributed by atoms with van der Waals surface area (Å²) in [5.41, 5.74) is 1.44. The van der Waals surface area contributed by atoms with Crippen LogP contribution < -0.4 is 5.32 Å². The summed E-state index contributed by atoms with van der Waals surface area (Å²) in [6, 6.07) is 3.18. The maximum absolute atomic E-state index is 6.08. The summed E-state index contributed by atoms with van der Waals surface area (Å²) in [6.07, 6.45) is 3.59. The molecule has 3 unspecified atom stereocenters. The maximum Gasteiger partial charge on any atom is 0.0934 e. The second-order valence-corrected chi connectivity index (χ2v) is 6.87. The van der Waals surface area contributed by atoms with Crippen molar-refractivity contribution in [2.45, 2.75) is 38.3 Å². The molecular weight excluding hydrogens is 254 g/mol. The molecule has 1 aliphatic carbocycles. The normalized spacial score (nSPS) is 29.5. The summed E-state index contributed by atoms with van der Waals surface area (Å²) in [6.45, 7) is 4.13. The Hall–Kier alpha value is -0.0900. The molecule has 17 heavy (non-hydrogen) atoms. The van der Waals surface area contributed by atoms with E-state index in [1.54, 1.807) is 11.3 Å². The second kappa shape index (κ2) is 4.88. The van der Waals surface area contributed by atoms with Gasteiger partial charge in [-0.2, -0.15) is 0 Å². The fraction of sp³-hybridized carbons (Fsp3) is 0.692. The van der Waals surface area contributed by atoms with Crippen LogP contribution in [-0.4, -0.2) is 19.3 Å². The van der Waals surface area contributed by atoms with Crippen LogP contribution in [0.15, 0.2) is 6.07 Å². The predicted octanol–water partition coefficient (Wildman–Crippen LogP) is 3.40. The summed E-state index contributed by atoms with van der Waals surface area (Å²) in [4.78, 5) is 1.47. The first-order valence-corrected chi connectivity index (χ1v) is 7.55. The minimum atomic E-state index is 0.504. The summed E-state index contributed by atoms with van der Waals surface area (Å²) in [5.74, 6) is 0.674. The zero-order chi connectivity index (χ0) is 11.8. The average Bonchev–Trinajstić information content (AvgIpc) is 2.96. The highest BCUT2D eigenvalue weighted by atomic mass is 35.5. The number of thiophene rings is 1. The number of halogens is 1. The highest BCUT2D eigenvalue weighted by Gasteiger charge is 2.29. The molecule has 0 radical (unpaired) electrons. The summed E-state index contributed by atoms with van der Waals surface area (Å²) in [7, 11) is 0. The molecule has 4 heteroatoms. The molecule has 0 spiro atoms. The van der Waals surface area contributed by atoms with E-state index in [1.807, 2.05) is 0 Å². The zero-order valence-corrected chi connectivity index (χ0v) is 11.6. The number of rotatable bonds is 3. The predicted molar refractivity (Wildman–Crippen MR) is 71.9 cm³/mol. The fourth-order valence-corrected chi connectivity index (χ4v) is 4.26. The maximum atomic E-state index is 6.08. The minimum absolute atomic E-state index is 0.504. The molecule has 2 heterocycles. The lowest BCUT2D eigenvalue weighted by Crippen LogP contribution is -2.35. The van der Waals surface area contributed by atoms with Crippen molar-refractivity contribution in [2.24, 2.45) is 5.92 Å². The van der Waals surface area contributed by atoms with Crippen LogP contribution in [0.1, 0.15) is 36.2 Å². The van der Waals surface area contributed by atoms with Gasteiger partial charge in [-0.1, -0.05) is 11.6 Å². The number of fused-ring (bicyclic) bond motifs is 1. The molecule has 2 aliphatic rings. The minimum Gasteiger partial charge on any atom is -0.381 e. The van der Waals surface area contributed by atoms with Crippen LogP contribution in [-0.2, 0) is 11.2 Å². The summed E-state index contributed by atoms with van der Waals surface area (Å²) >= 11 is 7.82. The Morgan fingerprint density at radius 1 is 1.53 bits per heavy atom. The molecular formula is C13H18ClNOS. The number of ether oxygens (including phenoxy) is 1. The highest BCUT2D eigenvalue weighted by Crippen LogP contribution is 2.39. The Morgan fingerprint density at radius 2 is 2.41 bits per heavy atom. The fourth-order valence-electron chi connectivity index (χ4n) is 2.90. The Labute approximate surface area is 111 Å². The molecule has 1 aliphatic heterocycles. The van der Waals surface area contributed by atoms with E-state index < -0.39 is 0 Å². The Kier molecular flexibility index (Phi) is 3.44. The van der Waals surface area contributed by atoms with E-state index in [9.17, 15) is 0 Å². The summed E-state index contributed by atoms with van der Waals surface area (Å²) in [5, 5.41) is 3.76. The lowest BCUT2D eigenvalue weighted by molar-refractivity contribution is 0.176. The molecule has 1 fully saturated rings. The van der Waals surface area contributed by atoms with Crippen LogP contribution >= 0.6 is 22.9 Å². The largest absolute Gasteiger partial charge is 0.381 e. The van der Waals surface area contributed by atoms with E-state index in [2.05, 4.69) is 18.3 Å². The van der Waals surface area contributed by atoms with Crippen LogP contribution in [0.4, 0.5) is 0 Å². The van der Waals surface area contributed by atoms with Crippen molar-refractivity contribution in [3.63, 3.8) is 0 Å². The summed E-state index contributed by atoms with van der Waals surface area (Å²) < 4.78 is 6.39. The third kappa shape index (κ3) is 2.39. The molecule has 1 N–H and O–H groups in total. The first kappa shape index (κ1) is 12.0.